The Morgan fingerprint density at radius 3 is 2.44 bits per heavy atom. The van der Waals surface area contributed by atoms with Crippen LogP contribution < -0.4 is 5.73 Å². The van der Waals surface area contributed by atoms with E-state index in [1.165, 1.54) is 22.9 Å². The maximum atomic E-state index is 12.6. The van der Waals surface area contributed by atoms with E-state index in [1.54, 1.807) is 4.57 Å². The molecule has 0 bridgehead atoms. The molecule has 0 fully saturated rings. The molecule has 2 aromatic rings. The van der Waals surface area contributed by atoms with Crippen LogP contribution in [0, 0.1) is 27.7 Å². The predicted octanol–water partition coefficient (Wildman–Crippen LogP) is 2.44. The lowest BCUT2D eigenvalue weighted by Crippen LogP contribution is -2.13. The third kappa shape index (κ3) is 4.28. The molecule has 0 unspecified atom stereocenters. The van der Waals surface area contributed by atoms with Gasteiger partial charge in [0.1, 0.15) is 5.82 Å². The zero-order valence-electron chi connectivity index (χ0n) is 15.3. The highest BCUT2D eigenvalue weighted by molar-refractivity contribution is 7.99. The molecule has 0 saturated carbocycles. The molecule has 25 heavy (non-hydrogen) atoms. The number of thioether (sulfide) groups is 1. The first-order chi connectivity index (χ1) is 11.7. The molecular formula is C18H24N4O2S. The lowest BCUT2D eigenvalue weighted by molar-refractivity contribution is -0.118. The second-order valence-corrected chi connectivity index (χ2v) is 7.19. The van der Waals surface area contributed by atoms with Gasteiger partial charge in [0, 0.05) is 25.5 Å². The molecule has 7 heteroatoms. The highest BCUT2D eigenvalue weighted by Crippen LogP contribution is 2.24. The van der Waals surface area contributed by atoms with E-state index in [-0.39, 0.29) is 18.1 Å². The Labute approximate surface area is 152 Å². The summed E-state index contributed by atoms with van der Waals surface area (Å²) in [6.45, 7) is 8.15. The molecule has 2 N–H and O–H groups in total. The van der Waals surface area contributed by atoms with Crippen molar-refractivity contribution in [3.8, 4) is 0 Å². The van der Waals surface area contributed by atoms with E-state index in [0.29, 0.717) is 23.2 Å². The van der Waals surface area contributed by atoms with Crippen molar-refractivity contribution in [3.05, 3.63) is 39.7 Å². The van der Waals surface area contributed by atoms with Gasteiger partial charge in [-0.3, -0.25) is 9.59 Å². The van der Waals surface area contributed by atoms with Crippen LogP contribution in [0.15, 0.2) is 11.2 Å². The largest absolute Gasteiger partial charge is 0.370 e. The van der Waals surface area contributed by atoms with Crippen LogP contribution in [-0.4, -0.2) is 32.2 Å². The number of hydrogen-bond donors (Lipinski definition) is 1. The normalized spacial score (nSPS) is 10.9. The van der Waals surface area contributed by atoms with Crippen molar-refractivity contribution >= 4 is 23.5 Å². The minimum atomic E-state index is -0.368. The van der Waals surface area contributed by atoms with Crippen molar-refractivity contribution in [3.63, 3.8) is 0 Å². The monoisotopic (exact) mass is 360 g/mol. The van der Waals surface area contributed by atoms with E-state index in [0.717, 1.165) is 16.7 Å². The summed E-state index contributed by atoms with van der Waals surface area (Å²) in [5, 5.41) is 8.83. The third-order valence-corrected chi connectivity index (χ3v) is 5.65. The number of benzene rings is 1. The van der Waals surface area contributed by atoms with Gasteiger partial charge in [0.2, 0.25) is 5.91 Å². The van der Waals surface area contributed by atoms with Crippen molar-refractivity contribution in [1.82, 2.24) is 14.8 Å². The number of hydrogen-bond acceptors (Lipinski definition) is 5. The fraction of sp³-hybridized carbons (Fsp3) is 0.444. The molecule has 1 aromatic carbocycles. The number of aryl methyl sites for hydroxylation is 2. The topological polar surface area (TPSA) is 90.9 Å². The van der Waals surface area contributed by atoms with E-state index >= 15 is 0 Å². The standard InChI is InChI=1S/C18H24N4O2S/c1-10-8-14(13(4)12(3)11(10)2)15(23)9-25-18-21-20-17(22(18)5)7-6-16(19)24/h8H,6-7,9H2,1-5H3,(H2,19,24). The maximum absolute atomic E-state index is 12.6. The van der Waals surface area contributed by atoms with Gasteiger partial charge in [-0.1, -0.05) is 11.8 Å². The molecule has 0 aliphatic heterocycles. The summed E-state index contributed by atoms with van der Waals surface area (Å²) in [6.07, 6.45) is 0.680. The van der Waals surface area contributed by atoms with Gasteiger partial charge in [0.25, 0.3) is 0 Å². The first kappa shape index (κ1) is 19.2. The Kier molecular flexibility index (Phi) is 6.00. The Morgan fingerprint density at radius 2 is 1.80 bits per heavy atom. The molecule has 0 spiro atoms. The summed E-state index contributed by atoms with van der Waals surface area (Å²) in [5.41, 5.74) is 10.5. The van der Waals surface area contributed by atoms with Gasteiger partial charge in [0.05, 0.1) is 5.75 Å². The molecule has 2 rings (SSSR count). The molecule has 0 aliphatic rings. The molecule has 0 aliphatic carbocycles. The second-order valence-electron chi connectivity index (χ2n) is 6.25. The van der Waals surface area contributed by atoms with Gasteiger partial charge in [-0.2, -0.15) is 0 Å². The van der Waals surface area contributed by atoms with Crippen LogP contribution in [0.2, 0.25) is 0 Å². The van der Waals surface area contributed by atoms with Crippen LogP contribution >= 0.6 is 11.8 Å². The minimum Gasteiger partial charge on any atom is -0.370 e. The summed E-state index contributed by atoms with van der Waals surface area (Å²) in [5.74, 6) is 0.695. The maximum Gasteiger partial charge on any atom is 0.217 e. The third-order valence-electron chi connectivity index (χ3n) is 4.63. The van der Waals surface area contributed by atoms with E-state index in [4.69, 9.17) is 5.73 Å². The molecule has 0 saturated heterocycles. The fourth-order valence-electron chi connectivity index (χ4n) is 2.63. The molecule has 1 heterocycles. The first-order valence-corrected chi connectivity index (χ1v) is 9.10. The van der Waals surface area contributed by atoms with Crippen LogP contribution in [-0.2, 0) is 18.3 Å². The zero-order valence-corrected chi connectivity index (χ0v) is 16.2. The Morgan fingerprint density at radius 1 is 1.12 bits per heavy atom. The van der Waals surface area contributed by atoms with Crippen molar-refractivity contribution in [1.29, 1.82) is 0 Å². The van der Waals surface area contributed by atoms with E-state index in [9.17, 15) is 9.59 Å². The molecule has 1 amide bonds. The number of carbonyl (C=O) groups excluding carboxylic acids is 2. The molecule has 134 valence electrons. The van der Waals surface area contributed by atoms with Gasteiger partial charge in [-0.15, -0.1) is 10.2 Å². The number of ketones is 1. The number of Topliss-reactive ketones (excluding diaryl/α,β-unsaturated/α-hetero) is 1. The summed E-state index contributed by atoms with van der Waals surface area (Å²) in [4.78, 5) is 23.5. The molecule has 0 atom stereocenters. The average Bonchev–Trinajstić information content (AvgIpc) is 2.92. The van der Waals surface area contributed by atoms with Crippen molar-refractivity contribution in [2.75, 3.05) is 5.75 Å². The minimum absolute atomic E-state index is 0.0791. The van der Waals surface area contributed by atoms with Crippen molar-refractivity contribution < 1.29 is 9.59 Å². The smallest absolute Gasteiger partial charge is 0.217 e. The highest BCUT2D eigenvalue weighted by Gasteiger charge is 2.16. The number of carbonyl (C=O) groups is 2. The first-order valence-electron chi connectivity index (χ1n) is 8.12. The fourth-order valence-corrected chi connectivity index (χ4v) is 3.45. The highest BCUT2D eigenvalue weighted by atomic mass is 32.2. The van der Waals surface area contributed by atoms with Crippen LogP contribution in [0.4, 0.5) is 0 Å². The lowest BCUT2D eigenvalue weighted by Gasteiger charge is -2.13. The Bertz CT molecular complexity index is 827. The van der Waals surface area contributed by atoms with Crippen molar-refractivity contribution in [2.24, 2.45) is 12.8 Å². The van der Waals surface area contributed by atoms with Crippen LogP contribution in [0.5, 0.6) is 0 Å². The quantitative estimate of drug-likeness (QED) is 0.605. The van der Waals surface area contributed by atoms with Crippen molar-refractivity contribution in [2.45, 2.75) is 45.7 Å². The zero-order chi connectivity index (χ0) is 18.7. The number of nitrogens with zero attached hydrogens (tertiary/aromatic N) is 3. The molecular weight excluding hydrogens is 336 g/mol. The lowest BCUT2D eigenvalue weighted by atomic mass is 9.93. The average molecular weight is 360 g/mol. The Hall–Kier alpha value is -2.15. The van der Waals surface area contributed by atoms with Gasteiger partial charge >= 0.3 is 0 Å². The number of primary amides is 1. The molecule has 1 aromatic heterocycles. The second kappa shape index (κ2) is 7.82. The van der Waals surface area contributed by atoms with Gasteiger partial charge in [0.15, 0.2) is 10.9 Å². The summed E-state index contributed by atoms with van der Waals surface area (Å²) in [7, 11) is 1.83. The number of aromatic nitrogens is 3. The van der Waals surface area contributed by atoms with Gasteiger partial charge in [-0.05, 0) is 56.0 Å². The number of amides is 1. The summed E-state index contributed by atoms with van der Waals surface area (Å²) < 4.78 is 1.80. The Balaban J connectivity index is 2.10. The van der Waals surface area contributed by atoms with Gasteiger partial charge in [-0.25, -0.2) is 0 Å². The van der Waals surface area contributed by atoms with Crippen LogP contribution in [0.1, 0.15) is 44.9 Å². The molecule has 6 nitrogen and oxygen atoms in total. The predicted molar refractivity (Wildman–Crippen MR) is 99.0 cm³/mol. The molecule has 0 radical (unpaired) electrons. The van der Waals surface area contributed by atoms with Crippen LogP contribution in [0.25, 0.3) is 0 Å². The number of nitrogens with two attached hydrogens (primary N) is 1. The summed E-state index contributed by atoms with van der Waals surface area (Å²) >= 11 is 1.35. The van der Waals surface area contributed by atoms with E-state index in [1.807, 2.05) is 27.0 Å². The summed E-state index contributed by atoms with van der Waals surface area (Å²) in [6, 6.07) is 1.97. The van der Waals surface area contributed by atoms with E-state index < -0.39 is 0 Å². The SMILES string of the molecule is Cc1cc(C(=O)CSc2nnc(CCC(N)=O)n2C)c(C)c(C)c1C. The van der Waals surface area contributed by atoms with E-state index in [2.05, 4.69) is 24.0 Å². The van der Waals surface area contributed by atoms with Crippen LogP contribution in [0.3, 0.4) is 0 Å². The van der Waals surface area contributed by atoms with Gasteiger partial charge < -0.3 is 10.3 Å². The number of rotatable bonds is 7.